The van der Waals surface area contributed by atoms with Crippen LogP contribution in [0.4, 0.5) is 0 Å². The maximum absolute atomic E-state index is 10.2. The summed E-state index contributed by atoms with van der Waals surface area (Å²) in [4.78, 5) is 10.2. The molecule has 72 valence electrons. The van der Waals surface area contributed by atoms with Crippen LogP contribution in [-0.4, -0.2) is 13.4 Å². The number of nitriles is 1. The van der Waals surface area contributed by atoms with Crippen molar-refractivity contribution in [3.63, 3.8) is 0 Å². The molecular weight excluding hydrogens is 178 g/mol. The van der Waals surface area contributed by atoms with Crippen molar-refractivity contribution < 1.29 is 9.53 Å². The predicted molar refractivity (Wildman–Crippen MR) is 52.1 cm³/mol. The lowest BCUT2D eigenvalue weighted by Gasteiger charge is -2.03. The second kappa shape index (κ2) is 5.03. The third-order valence-corrected chi connectivity index (χ3v) is 1.88. The first-order chi connectivity index (χ1) is 6.80. The van der Waals surface area contributed by atoms with E-state index >= 15 is 0 Å². The molecule has 1 rings (SSSR count). The van der Waals surface area contributed by atoms with Gasteiger partial charge in [-0.2, -0.15) is 5.26 Å². The van der Waals surface area contributed by atoms with Gasteiger partial charge in [0.15, 0.2) is 0 Å². The maximum atomic E-state index is 10.2. The van der Waals surface area contributed by atoms with Crippen molar-refractivity contribution in [2.45, 2.75) is 12.8 Å². The number of hydrogen-bond acceptors (Lipinski definition) is 3. The number of methoxy groups -OCH3 is 1. The van der Waals surface area contributed by atoms with E-state index < -0.39 is 0 Å². The van der Waals surface area contributed by atoms with Gasteiger partial charge in [0, 0.05) is 6.42 Å². The van der Waals surface area contributed by atoms with E-state index in [0.29, 0.717) is 24.2 Å². The molecule has 0 aromatic heterocycles. The Morgan fingerprint density at radius 3 is 2.86 bits per heavy atom. The van der Waals surface area contributed by atoms with Gasteiger partial charge in [-0.3, -0.25) is 0 Å². The first kappa shape index (κ1) is 10.3. The van der Waals surface area contributed by atoms with Crippen LogP contribution in [0.5, 0.6) is 5.75 Å². The first-order valence-electron chi connectivity index (χ1n) is 4.32. The number of aldehydes is 1. The van der Waals surface area contributed by atoms with E-state index in [4.69, 9.17) is 10.00 Å². The van der Waals surface area contributed by atoms with Crippen LogP contribution in [0.3, 0.4) is 0 Å². The van der Waals surface area contributed by atoms with Crippen molar-refractivity contribution in [2.24, 2.45) is 0 Å². The number of rotatable bonds is 4. The molecule has 0 radical (unpaired) electrons. The summed E-state index contributed by atoms with van der Waals surface area (Å²) in [5, 5.41) is 8.73. The third-order valence-electron chi connectivity index (χ3n) is 1.88. The molecule has 0 unspecified atom stereocenters. The Hall–Kier alpha value is -1.82. The molecule has 0 fully saturated rings. The molecule has 14 heavy (non-hydrogen) atoms. The van der Waals surface area contributed by atoms with Crippen LogP contribution in [0.1, 0.15) is 17.5 Å². The van der Waals surface area contributed by atoms with Crippen molar-refractivity contribution in [1.29, 1.82) is 5.26 Å². The summed E-state index contributed by atoms with van der Waals surface area (Å²) in [6, 6.07) is 7.33. The smallest absolute Gasteiger partial charge is 0.120 e. The number of aryl methyl sites for hydroxylation is 1. The highest BCUT2D eigenvalue weighted by Crippen LogP contribution is 2.17. The standard InChI is InChI=1S/C11H11NO2/c1-14-11-6-9(3-2-4-13)5-10(7-11)8-12/h4-7H,2-3H2,1H3. The Balaban J connectivity index is 2.93. The molecule has 0 heterocycles. The normalized spacial score (nSPS) is 9.14. The zero-order valence-electron chi connectivity index (χ0n) is 7.99. The summed E-state index contributed by atoms with van der Waals surface area (Å²) in [7, 11) is 1.56. The fourth-order valence-corrected chi connectivity index (χ4v) is 1.21. The van der Waals surface area contributed by atoms with E-state index in [1.807, 2.05) is 6.07 Å². The summed E-state index contributed by atoms with van der Waals surface area (Å²) < 4.78 is 5.04. The monoisotopic (exact) mass is 189 g/mol. The number of carbonyl (C=O) groups is 1. The van der Waals surface area contributed by atoms with Gasteiger partial charge in [-0.15, -0.1) is 0 Å². The van der Waals surface area contributed by atoms with Crippen molar-refractivity contribution >= 4 is 6.29 Å². The topological polar surface area (TPSA) is 50.1 Å². The second-order valence-corrected chi connectivity index (χ2v) is 2.89. The van der Waals surface area contributed by atoms with Crippen LogP contribution in [0.15, 0.2) is 18.2 Å². The largest absolute Gasteiger partial charge is 0.497 e. The van der Waals surface area contributed by atoms with Crippen LogP contribution >= 0.6 is 0 Å². The number of nitrogens with zero attached hydrogens (tertiary/aromatic N) is 1. The van der Waals surface area contributed by atoms with Crippen LogP contribution < -0.4 is 4.74 Å². The van der Waals surface area contributed by atoms with Gasteiger partial charge < -0.3 is 9.53 Å². The minimum absolute atomic E-state index is 0.470. The van der Waals surface area contributed by atoms with Gasteiger partial charge in [0.05, 0.1) is 18.7 Å². The summed E-state index contributed by atoms with van der Waals surface area (Å²) in [5.74, 6) is 0.657. The lowest BCUT2D eigenvalue weighted by Crippen LogP contribution is -1.91. The van der Waals surface area contributed by atoms with Gasteiger partial charge in [0.25, 0.3) is 0 Å². The maximum Gasteiger partial charge on any atom is 0.120 e. The molecule has 3 heteroatoms. The highest BCUT2D eigenvalue weighted by atomic mass is 16.5. The van der Waals surface area contributed by atoms with E-state index in [1.165, 1.54) is 0 Å². The highest BCUT2D eigenvalue weighted by Gasteiger charge is 2.00. The van der Waals surface area contributed by atoms with E-state index in [2.05, 4.69) is 6.07 Å². The fraction of sp³-hybridized carbons (Fsp3) is 0.273. The van der Waals surface area contributed by atoms with Crippen molar-refractivity contribution in [1.82, 2.24) is 0 Å². The van der Waals surface area contributed by atoms with Gasteiger partial charge in [0.1, 0.15) is 12.0 Å². The zero-order chi connectivity index (χ0) is 10.4. The van der Waals surface area contributed by atoms with E-state index in [9.17, 15) is 4.79 Å². The van der Waals surface area contributed by atoms with E-state index in [1.54, 1.807) is 19.2 Å². The van der Waals surface area contributed by atoms with Crippen LogP contribution in [0.2, 0.25) is 0 Å². The summed E-state index contributed by atoms with van der Waals surface area (Å²) >= 11 is 0. The summed E-state index contributed by atoms with van der Waals surface area (Å²) in [6.45, 7) is 0. The second-order valence-electron chi connectivity index (χ2n) is 2.89. The summed E-state index contributed by atoms with van der Waals surface area (Å²) in [5.41, 5.74) is 1.51. The van der Waals surface area contributed by atoms with Crippen LogP contribution in [-0.2, 0) is 11.2 Å². The minimum Gasteiger partial charge on any atom is -0.497 e. The quantitative estimate of drug-likeness (QED) is 0.677. The summed E-state index contributed by atoms with van der Waals surface area (Å²) in [6.07, 6.45) is 1.99. The Kier molecular flexibility index (Phi) is 3.69. The van der Waals surface area contributed by atoms with Crippen LogP contribution in [0.25, 0.3) is 0 Å². The first-order valence-corrected chi connectivity index (χ1v) is 4.32. The average molecular weight is 189 g/mol. The molecule has 0 amide bonds. The van der Waals surface area contributed by atoms with E-state index in [0.717, 1.165) is 11.8 Å². The van der Waals surface area contributed by atoms with Crippen molar-refractivity contribution in [2.75, 3.05) is 7.11 Å². The lowest BCUT2D eigenvalue weighted by atomic mass is 10.1. The van der Waals surface area contributed by atoms with Crippen molar-refractivity contribution in [3.8, 4) is 11.8 Å². The number of ether oxygens (including phenoxy) is 1. The predicted octanol–water partition coefficient (Wildman–Crippen LogP) is 1.70. The molecule has 0 saturated heterocycles. The third kappa shape index (κ3) is 2.60. The van der Waals surface area contributed by atoms with Gasteiger partial charge in [-0.1, -0.05) is 0 Å². The molecular formula is C11H11NO2. The van der Waals surface area contributed by atoms with Crippen molar-refractivity contribution in [3.05, 3.63) is 29.3 Å². The van der Waals surface area contributed by atoms with Crippen LogP contribution in [0, 0.1) is 11.3 Å². The molecule has 0 aliphatic rings. The molecule has 0 saturated carbocycles. The molecule has 1 aromatic rings. The lowest BCUT2D eigenvalue weighted by molar-refractivity contribution is -0.107. The molecule has 0 aliphatic heterocycles. The highest BCUT2D eigenvalue weighted by molar-refractivity contribution is 5.50. The SMILES string of the molecule is COc1cc(C#N)cc(CCC=O)c1. The molecule has 0 bridgehead atoms. The molecule has 0 N–H and O–H groups in total. The molecule has 1 aromatic carbocycles. The molecule has 3 nitrogen and oxygen atoms in total. The molecule has 0 atom stereocenters. The Bertz CT molecular complexity index is 366. The molecule has 0 aliphatic carbocycles. The van der Waals surface area contributed by atoms with Gasteiger partial charge >= 0.3 is 0 Å². The minimum atomic E-state index is 0.470. The number of carbonyl (C=O) groups excluding carboxylic acids is 1. The van der Waals surface area contributed by atoms with Gasteiger partial charge in [0.2, 0.25) is 0 Å². The number of hydrogen-bond donors (Lipinski definition) is 0. The van der Waals surface area contributed by atoms with Gasteiger partial charge in [-0.25, -0.2) is 0 Å². The van der Waals surface area contributed by atoms with E-state index in [-0.39, 0.29) is 0 Å². The van der Waals surface area contributed by atoms with Gasteiger partial charge in [-0.05, 0) is 30.2 Å². The Labute approximate surface area is 82.9 Å². The molecule has 0 spiro atoms. The fourth-order valence-electron chi connectivity index (χ4n) is 1.21. The average Bonchev–Trinajstić information content (AvgIpc) is 2.25. The Morgan fingerprint density at radius 1 is 1.50 bits per heavy atom. The Morgan fingerprint density at radius 2 is 2.29 bits per heavy atom. The number of benzene rings is 1. The zero-order valence-corrected chi connectivity index (χ0v) is 7.99.